The molecule has 7 nitrogen and oxygen atoms in total. The van der Waals surface area contributed by atoms with Gasteiger partial charge in [-0.15, -0.1) is 0 Å². The number of rotatable bonds is 7. The Morgan fingerprint density at radius 2 is 1.68 bits per heavy atom. The van der Waals surface area contributed by atoms with Gasteiger partial charge in [-0.1, -0.05) is 17.7 Å². The first kappa shape index (κ1) is 21.9. The number of nitrogens with zero attached hydrogens (tertiary/aromatic N) is 1. The number of carbonyl (C=O) groups is 2. The van der Waals surface area contributed by atoms with Gasteiger partial charge in [-0.25, -0.2) is 0 Å². The van der Waals surface area contributed by atoms with Crippen LogP contribution in [0.3, 0.4) is 0 Å². The average Bonchev–Trinajstić information content (AvgIpc) is 2.78. The Balaban J connectivity index is 1.66. The van der Waals surface area contributed by atoms with Crippen molar-refractivity contribution in [3.05, 3.63) is 83.2 Å². The molecule has 0 aliphatic rings. The van der Waals surface area contributed by atoms with Gasteiger partial charge in [0.25, 0.3) is 5.91 Å². The Morgan fingerprint density at radius 3 is 2.35 bits per heavy atom. The third-order valence-electron chi connectivity index (χ3n) is 4.21. The molecule has 0 radical (unpaired) electrons. The maximum atomic E-state index is 12.3. The lowest BCUT2D eigenvalue weighted by molar-refractivity contribution is -0.111. The minimum atomic E-state index is -0.344. The lowest BCUT2D eigenvalue weighted by Crippen LogP contribution is -2.12. The van der Waals surface area contributed by atoms with Crippen LogP contribution in [-0.4, -0.2) is 31.0 Å². The van der Waals surface area contributed by atoms with Gasteiger partial charge < -0.3 is 20.1 Å². The monoisotopic (exact) mass is 437 g/mol. The first-order chi connectivity index (χ1) is 15.0. The highest BCUT2D eigenvalue weighted by atomic mass is 35.5. The van der Waals surface area contributed by atoms with Crippen LogP contribution in [0, 0.1) is 0 Å². The van der Waals surface area contributed by atoms with E-state index in [4.69, 9.17) is 21.1 Å². The maximum absolute atomic E-state index is 12.3. The number of halogens is 1. The highest BCUT2D eigenvalue weighted by molar-refractivity contribution is 6.32. The lowest BCUT2D eigenvalue weighted by Gasteiger charge is -2.10. The van der Waals surface area contributed by atoms with Crippen molar-refractivity contribution in [2.75, 3.05) is 24.9 Å². The number of hydrogen-bond donors (Lipinski definition) is 2. The van der Waals surface area contributed by atoms with Gasteiger partial charge in [0.2, 0.25) is 5.91 Å². The lowest BCUT2D eigenvalue weighted by atomic mass is 10.2. The van der Waals surface area contributed by atoms with Crippen molar-refractivity contribution in [1.82, 2.24) is 4.98 Å². The van der Waals surface area contributed by atoms with Crippen molar-refractivity contribution in [2.45, 2.75) is 0 Å². The molecule has 3 aromatic rings. The Hall–Kier alpha value is -3.84. The van der Waals surface area contributed by atoms with E-state index in [0.717, 1.165) is 0 Å². The van der Waals surface area contributed by atoms with Crippen LogP contribution in [0.2, 0.25) is 5.02 Å². The summed E-state index contributed by atoms with van der Waals surface area (Å²) in [6.07, 6.45) is 6.07. The van der Waals surface area contributed by atoms with Gasteiger partial charge in [0.05, 0.1) is 19.2 Å². The predicted molar refractivity (Wildman–Crippen MR) is 121 cm³/mol. The van der Waals surface area contributed by atoms with Crippen LogP contribution < -0.4 is 20.1 Å². The second-order valence-electron chi connectivity index (χ2n) is 6.33. The molecule has 1 heterocycles. The summed E-state index contributed by atoms with van der Waals surface area (Å²) in [6.45, 7) is 0. The molecule has 1 aromatic heterocycles. The smallest absolute Gasteiger partial charge is 0.255 e. The molecular weight excluding hydrogens is 418 g/mol. The van der Waals surface area contributed by atoms with E-state index in [-0.39, 0.29) is 11.8 Å². The highest BCUT2D eigenvalue weighted by Gasteiger charge is 2.10. The summed E-state index contributed by atoms with van der Waals surface area (Å²) in [5.41, 5.74) is 2.25. The zero-order valence-corrected chi connectivity index (χ0v) is 17.6. The number of ether oxygens (including phenoxy) is 2. The van der Waals surface area contributed by atoms with E-state index in [1.807, 2.05) is 0 Å². The van der Waals surface area contributed by atoms with Gasteiger partial charge in [-0.2, -0.15) is 0 Å². The fraction of sp³-hybridized carbons (Fsp3) is 0.0870. The Bertz CT molecular complexity index is 1120. The molecule has 158 valence electrons. The SMILES string of the molecule is COc1cc(/C=C/C(=O)Nc2cccc(NC(=O)c3ccncc3)c2)cc(Cl)c1OC. The quantitative estimate of drug-likeness (QED) is 0.525. The standard InChI is InChI=1S/C23H20ClN3O4/c1-30-20-13-15(12-19(24)22(20)31-2)6-7-21(28)26-17-4-3-5-18(14-17)27-23(29)16-8-10-25-11-9-16/h3-14H,1-2H3,(H,26,28)(H,27,29)/b7-6+. The molecule has 0 saturated carbocycles. The number of methoxy groups -OCH3 is 2. The average molecular weight is 438 g/mol. The molecule has 2 N–H and O–H groups in total. The summed E-state index contributed by atoms with van der Waals surface area (Å²) < 4.78 is 10.5. The molecule has 0 aliphatic carbocycles. The van der Waals surface area contributed by atoms with E-state index in [1.54, 1.807) is 67.0 Å². The van der Waals surface area contributed by atoms with Crippen molar-refractivity contribution in [3.63, 3.8) is 0 Å². The molecule has 0 bridgehead atoms. The number of hydrogen-bond acceptors (Lipinski definition) is 5. The molecule has 31 heavy (non-hydrogen) atoms. The zero-order chi connectivity index (χ0) is 22.2. The van der Waals surface area contributed by atoms with Gasteiger partial charge in [-0.3, -0.25) is 14.6 Å². The van der Waals surface area contributed by atoms with Crippen LogP contribution in [-0.2, 0) is 4.79 Å². The van der Waals surface area contributed by atoms with Crippen LogP contribution in [0.25, 0.3) is 6.08 Å². The minimum absolute atomic E-state index is 0.267. The number of pyridine rings is 1. The highest BCUT2D eigenvalue weighted by Crippen LogP contribution is 2.36. The molecule has 0 atom stereocenters. The summed E-state index contributed by atoms with van der Waals surface area (Å²) >= 11 is 6.18. The summed E-state index contributed by atoms with van der Waals surface area (Å²) in [5, 5.41) is 5.91. The topological polar surface area (TPSA) is 89.6 Å². The molecular formula is C23H20ClN3O4. The normalized spacial score (nSPS) is 10.5. The van der Waals surface area contributed by atoms with E-state index >= 15 is 0 Å². The first-order valence-corrected chi connectivity index (χ1v) is 9.60. The first-order valence-electron chi connectivity index (χ1n) is 9.22. The Kier molecular flexibility index (Phi) is 7.24. The second kappa shape index (κ2) is 10.3. The largest absolute Gasteiger partial charge is 0.493 e. The number of nitrogens with one attached hydrogen (secondary N) is 2. The Labute approximate surface area is 184 Å². The van der Waals surface area contributed by atoms with Crippen molar-refractivity contribution >= 4 is 40.9 Å². The fourth-order valence-electron chi connectivity index (χ4n) is 2.77. The summed E-state index contributed by atoms with van der Waals surface area (Å²) in [7, 11) is 3.01. The Morgan fingerprint density at radius 1 is 0.968 bits per heavy atom. The molecule has 0 saturated heterocycles. The number of anilines is 2. The van der Waals surface area contributed by atoms with Gasteiger partial charge in [0.15, 0.2) is 11.5 Å². The summed E-state index contributed by atoms with van der Waals surface area (Å²) in [5.74, 6) is 0.281. The van der Waals surface area contributed by atoms with Crippen LogP contribution in [0.1, 0.15) is 15.9 Å². The molecule has 3 rings (SSSR count). The predicted octanol–water partition coefficient (Wildman–Crippen LogP) is 4.66. The van der Waals surface area contributed by atoms with Crippen molar-refractivity contribution in [3.8, 4) is 11.5 Å². The van der Waals surface area contributed by atoms with Crippen molar-refractivity contribution < 1.29 is 19.1 Å². The van der Waals surface area contributed by atoms with Crippen molar-refractivity contribution in [2.24, 2.45) is 0 Å². The molecule has 2 aromatic carbocycles. The van der Waals surface area contributed by atoms with E-state index in [2.05, 4.69) is 15.6 Å². The fourth-order valence-corrected chi connectivity index (χ4v) is 3.07. The van der Waals surface area contributed by atoms with E-state index in [0.29, 0.717) is 39.0 Å². The zero-order valence-electron chi connectivity index (χ0n) is 16.9. The minimum Gasteiger partial charge on any atom is -0.493 e. The molecule has 8 heteroatoms. The maximum Gasteiger partial charge on any atom is 0.255 e. The number of carbonyl (C=O) groups excluding carboxylic acids is 2. The number of benzene rings is 2. The van der Waals surface area contributed by atoms with Crippen LogP contribution in [0.4, 0.5) is 11.4 Å². The van der Waals surface area contributed by atoms with Gasteiger partial charge in [-0.05, 0) is 54.1 Å². The second-order valence-corrected chi connectivity index (χ2v) is 6.74. The third-order valence-corrected chi connectivity index (χ3v) is 4.49. The van der Waals surface area contributed by atoms with Gasteiger partial charge >= 0.3 is 0 Å². The van der Waals surface area contributed by atoms with Gasteiger partial charge in [0.1, 0.15) is 0 Å². The van der Waals surface area contributed by atoms with Crippen LogP contribution in [0.15, 0.2) is 67.0 Å². The number of amides is 2. The third kappa shape index (κ3) is 5.83. The molecule has 0 spiro atoms. The molecule has 2 amide bonds. The van der Waals surface area contributed by atoms with E-state index in [1.165, 1.54) is 20.3 Å². The van der Waals surface area contributed by atoms with E-state index < -0.39 is 0 Å². The summed E-state index contributed by atoms with van der Waals surface area (Å²) in [6, 6.07) is 13.5. The number of aromatic nitrogens is 1. The summed E-state index contributed by atoms with van der Waals surface area (Å²) in [4.78, 5) is 28.5. The van der Waals surface area contributed by atoms with Crippen LogP contribution in [0.5, 0.6) is 11.5 Å². The molecule has 0 fully saturated rings. The molecule has 0 aliphatic heterocycles. The molecule has 0 unspecified atom stereocenters. The van der Waals surface area contributed by atoms with Crippen molar-refractivity contribution in [1.29, 1.82) is 0 Å². The van der Waals surface area contributed by atoms with Crippen LogP contribution >= 0.6 is 11.6 Å². The van der Waals surface area contributed by atoms with Gasteiger partial charge in [0, 0.05) is 35.4 Å². The van der Waals surface area contributed by atoms with E-state index in [9.17, 15) is 9.59 Å².